The molecule has 0 spiro atoms. The Bertz CT molecular complexity index is 2850. The number of H-pyrrole nitrogens is 1. The highest BCUT2D eigenvalue weighted by Gasteiger charge is 2.40. The first-order valence-corrected chi connectivity index (χ1v) is 23.3. The van der Waals surface area contributed by atoms with Crippen molar-refractivity contribution in [3.63, 3.8) is 0 Å². The van der Waals surface area contributed by atoms with Crippen molar-refractivity contribution in [1.29, 1.82) is 0 Å². The third-order valence-corrected chi connectivity index (χ3v) is 14.9. The molecule has 4 saturated heterocycles. The van der Waals surface area contributed by atoms with E-state index < -0.39 is 57.0 Å². The highest BCUT2D eigenvalue weighted by atomic mass is 32.2. The molecule has 15 nitrogen and oxygen atoms in total. The smallest absolute Gasteiger partial charge is 0.301 e. The maximum atomic E-state index is 15.8. The molecule has 2 aromatic heterocycles. The number of amides is 3. The van der Waals surface area contributed by atoms with Gasteiger partial charge in [0.25, 0.3) is 5.91 Å². The Balaban J connectivity index is 0.780. The number of benzene rings is 3. The summed E-state index contributed by atoms with van der Waals surface area (Å²) in [7, 11) is -4.36. The van der Waals surface area contributed by atoms with Crippen molar-refractivity contribution in [3.8, 4) is 11.1 Å². The molecule has 7 heterocycles. The van der Waals surface area contributed by atoms with Crippen molar-refractivity contribution in [3.05, 3.63) is 107 Å². The van der Waals surface area contributed by atoms with Crippen LogP contribution in [0.15, 0.2) is 73.1 Å². The normalized spacial score (nSPS) is 21.3. The van der Waals surface area contributed by atoms with Crippen LogP contribution in [-0.2, 0) is 26.3 Å². The summed E-state index contributed by atoms with van der Waals surface area (Å²) in [5.41, 5.74) is 3.80. The van der Waals surface area contributed by atoms with Crippen molar-refractivity contribution in [2.24, 2.45) is 0 Å². The summed E-state index contributed by atoms with van der Waals surface area (Å²) in [6.45, 7) is 4.26. The molecule has 19 heteroatoms. The van der Waals surface area contributed by atoms with Crippen LogP contribution in [0.1, 0.15) is 70.4 Å². The van der Waals surface area contributed by atoms with E-state index in [-0.39, 0.29) is 43.3 Å². The quantitative estimate of drug-likeness (QED) is 0.123. The lowest BCUT2D eigenvalue weighted by atomic mass is 9.99. The van der Waals surface area contributed by atoms with Gasteiger partial charge in [-0.25, -0.2) is 18.2 Å². The van der Waals surface area contributed by atoms with Crippen LogP contribution in [0.5, 0.6) is 0 Å². The third-order valence-electron chi connectivity index (χ3n) is 13.4. The van der Waals surface area contributed by atoms with Gasteiger partial charge in [-0.15, -0.1) is 0 Å². The minimum absolute atomic E-state index is 0.000770. The Labute approximate surface area is 372 Å². The lowest BCUT2D eigenvalue weighted by Gasteiger charge is -2.44. The summed E-state index contributed by atoms with van der Waals surface area (Å²) >= 11 is 0. The van der Waals surface area contributed by atoms with Gasteiger partial charge in [0.05, 0.1) is 17.9 Å². The van der Waals surface area contributed by atoms with Crippen LogP contribution >= 0.6 is 0 Å². The van der Waals surface area contributed by atoms with Gasteiger partial charge in [0, 0.05) is 104 Å². The zero-order valence-corrected chi connectivity index (χ0v) is 36.1. The number of halogens is 3. The Morgan fingerprint density at radius 3 is 2.38 bits per heavy atom. The van der Waals surface area contributed by atoms with E-state index in [0.717, 1.165) is 91.0 Å². The summed E-state index contributed by atoms with van der Waals surface area (Å²) < 4.78 is 73.2. The van der Waals surface area contributed by atoms with Crippen molar-refractivity contribution >= 4 is 61.8 Å². The number of hydrogen-bond donors (Lipinski definition) is 3. The molecule has 3 N–H and O–H groups in total. The fourth-order valence-electron chi connectivity index (χ4n) is 9.88. The fourth-order valence-corrected chi connectivity index (χ4v) is 11.1. The number of aromatic amines is 1. The summed E-state index contributed by atoms with van der Waals surface area (Å²) in [6, 6.07) is 17.1. The molecule has 0 bridgehead atoms. The van der Waals surface area contributed by atoms with E-state index in [0.29, 0.717) is 41.2 Å². The van der Waals surface area contributed by atoms with Crippen molar-refractivity contribution < 1.29 is 40.8 Å². The largest absolute Gasteiger partial charge is 0.371 e. The second kappa shape index (κ2) is 16.9. The first-order chi connectivity index (χ1) is 31.3. The second-order valence-electron chi connectivity index (χ2n) is 17.4. The first kappa shape index (κ1) is 42.6. The van der Waals surface area contributed by atoms with E-state index in [9.17, 15) is 32.0 Å². The standard InChI is InChI=1S/C46H46F3N9O6S/c47-30-12-19-57(25-30)65(63,64)53-38-9-8-37(48)41(42(38)49)43(60)36-23-51-44-35(36)21-28(22-50-44)27-2-4-31(5-3-27)55-15-1-16-56(26-55)32-13-17-54(18-14-32)33-6-7-34-29(20-33)24-58(46(34)62)39-10-11-40(59)52-45(39)61/h2-9,20-23,30,32,39,53H,1,10-19,24-26H2,(H,50,51)(H,52,59,61)/t30-,39?/m1/s1. The molecule has 0 aliphatic carbocycles. The number of fused-ring (bicyclic) bond motifs is 2. The van der Waals surface area contributed by atoms with Crippen LogP contribution in [0.3, 0.4) is 0 Å². The Morgan fingerprint density at radius 2 is 1.63 bits per heavy atom. The van der Waals surface area contributed by atoms with Crippen molar-refractivity contribution in [2.75, 3.05) is 60.5 Å². The number of alkyl halides is 1. The number of pyridine rings is 1. The zero-order valence-electron chi connectivity index (χ0n) is 35.2. The minimum Gasteiger partial charge on any atom is -0.371 e. The van der Waals surface area contributed by atoms with Gasteiger partial charge in [-0.1, -0.05) is 12.1 Å². The number of hydrogen-bond acceptors (Lipinski definition) is 10. The molecular formula is C46H46F3N9O6S. The van der Waals surface area contributed by atoms with Gasteiger partial charge in [0.15, 0.2) is 5.82 Å². The maximum Gasteiger partial charge on any atom is 0.301 e. The molecule has 5 aliphatic rings. The second-order valence-corrected chi connectivity index (χ2v) is 19.0. The Morgan fingerprint density at radius 1 is 0.846 bits per heavy atom. The zero-order chi connectivity index (χ0) is 45.1. The first-order valence-electron chi connectivity index (χ1n) is 21.8. The van der Waals surface area contributed by atoms with E-state index in [2.05, 4.69) is 36.1 Å². The molecular weight excluding hydrogens is 864 g/mol. The third kappa shape index (κ3) is 8.09. The number of nitrogens with one attached hydrogen (secondary N) is 3. The molecule has 65 heavy (non-hydrogen) atoms. The predicted molar refractivity (Wildman–Crippen MR) is 236 cm³/mol. The fraction of sp³-hybridized carbons (Fsp3) is 0.370. The van der Waals surface area contributed by atoms with Crippen LogP contribution in [-0.4, -0.2) is 120 Å². The van der Waals surface area contributed by atoms with Crippen LogP contribution in [0.4, 0.5) is 30.2 Å². The van der Waals surface area contributed by atoms with Crippen LogP contribution < -0.4 is 19.8 Å². The van der Waals surface area contributed by atoms with Crippen LogP contribution in [0.25, 0.3) is 22.2 Å². The molecule has 10 rings (SSSR count). The molecule has 1 unspecified atom stereocenters. The highest BCUT2D eigenvalue weighted by Crippen LogP contribution is 2.35. The van der Waals surface area contributed by atoms with Gasteiger partial charge < -0.3 is 19.7 Å². The number of carbonyl (C=O) groups is 4. The Hall–Kier alpha value is -6.31. The summed E-state index contributed by atoms with van der Waals surface area (Å²) in [4.78, 5) is 67.4. The highest BCUT2D eigenvalue weighted by molar-refractivity contribution is 7.90. The number of rotatable bonds is 10. The maximum absolute atomic E-state index is 15.8. The number of carbonyl (C=O) groups excluding carboxylic acids is 4. The van der Waals surface area contributed by atoms with E-state index in [1.165, 1.54) is 6.20 Å². The molecule has 0 saturated carbocycles. The van der Waals surface area contributed by atoms with Gasteiger partial charge in [-0.2, -0.15) is 12.7 Å². The molecule has 5 aromatic rings. The lowest BCUT2D eigenvalue weighted by Crippen LogP contribution is -2.52. The molecule has 3 aromatic carbocycles. The monoisotopic (exact) mass is 909 g/mol. The SMILES string of the molecule is O=C1CCC(N2Cc3cc(N4CCC(N5CCCN(c6ccc(-c7cnc8[nH]cc(C(=O)c9c(F)ccc(NS(=O)(=O)N%10CC[C@@H](F)C%10)c9F)c8c7)cc6)C5)CC4)ccc3C2=O)C(=O)N1. The topological polar surface area (TPSA) is 171 Å². The minimum atomic E-state index is -4.36. The lowest BCUT2D eigenvalue weighted by molar-refractivity contribution is -0.136. The van der Waals surface area contributed by atoms with Gasteiger partial charge >= 0.3 is 10.2 Å². The number of anilines is 3. The van der Waals surface area contributed by atoms with E-state index in [1.807, 2.05) is 41.1 Å². The summed E-state index contributed by atoms with van der Waals surface area (Å²) in [6.07, 6.45) is 5.12. The number of piperidine rings is 2. The molecule has 5 aliphatic heterocycles. The van der Waals surface area contributed by atoms with Crippen LogP contribution in [0, 0.1) is 11.6 Å². The molecule has 338 valence electrons. The average molecular weight is 910 g/mol. The number of ketones is 1. The average Bonchev–Trinajstić information content (AvgIpc) is 4.04. The van der Waals surface area contributed by atoms with E-state index in [1.54, 1.807) is 17.2 Å². The van der Waals surface area contributed by atoms with E-state index >= 15 is 8.78 Å². The van der Waals surface area contributed by atoms with Gasteiger partial charge in [-0.3, -0.25) is 34.1 Å². The summed E-state index contributed by atoms with van der Waals surface area (Å²) in [5, 5.41) is 2.69. The molecule has 0 radical (unpaired) electrons. The molecule has 4 fully saturated rings. The number of aromatic nitrogens is 2. The van der Waals surface area contributed by atoms with Gasteiger partial charge in [-0.05, 0) is 91.8 Å². The molecule has 3 amide bonds. The van der Waals surface area contributed by atoms with Gasteiger partial charge in [0.1, 0.15) is 23.7 Å². The van der Waals surface area contributed by atoms with Crippen molar-refractivity contribution in [2.45, 2.75) is 63.3 Å². The van der Waals surface area contributed by atoms with E-state index in [4.69, 9.17) is 0 Å². The number of imide groups is 1. The Kier molecular flexibility index (Phi) is 11.1. The summed E-state index contributed by atoms with van der Waals surface area (Å²) in [5.74, 6) is -4.46. The van der Waals surface area contributed by atoms with Gasteiger partial charge in [0.2, 0.25) is 17.6 Å². The van der Waals surface area contributed by atoms with Crippen molar-refractivity contribution in [1.82, 2.24) is 29.4 Å². The molecule has 2 atom stereocenters. The number of nitrogens with zero attached hydrogens (tertiary/aromatic N) is 6. The predicted octanol–water partition coefficient (Wildman–Crippen LogP) is 5.34. The van der Waals surface area contributed by atoms with Crippen LogP contribution in [0.2, 0.25) is 0 Å².